The molecule has 1 N–H and O–H groups in total. The first-order valence-corrected chi connectivity index (χ1v) is 39.6. The summed E-state index contributed by atoms with van der Waals surface area (Å²) in [6.45, 7) is 40.4. The van der Waals surface area contributed by atoms with Gasteiger partial charge in [-0.2, -0.15) is 46.1 Å². The third-order valence-electron chi connectivity index (χ3n) is 20.5. The van der Waals surface area contributed by atoms with E-state index in [9.17, 15) is 9.50 Å². The number of methoxy groups -OCH3 is 1. The molecule has 15 rings (SSSR count). The van der Waals surface area contributed by atoms with Gasteiger partial charge in [0, 0.05) is 132 Å². The molecule has 15 aromatic rings. The van der Waals surface area contributed by atoms with Gasteiger partial charge in [0.25, 0.3) is 0 Å². The van der Waals surface area contributed by atoms with Crippen LogP contribution in [0.2, 0.25) is 0 Å². The van der Waals surface area contributed by atoms with E-state index in [1.54, 1.807) is 30.1 Å². The molecule has 115 heavy (non-hydrogen) atoms. The molecule has 0 radical (unpaired) electrons. The Hall–Kier alpha value is -11.6. The number of aromatic nitrogens is 16. The van der Waals surface area contributed by atoms with E-state index in [4.69, 9.17) is 20.2 Å². The maximum absolute atomic E-state index is 12.9. The SMILES string of the molecule is COCc1c(-c2ccccc2)nn(C)c1C.Cc1c2ccccc2nn1-c1ccc(C(C)(C)C)cc1.Cc1c2ccccc2nn1-c1ccc(F)cc1.Cc1cc(C)n(CC(O)C(C)(C)C)n1.Cc1ccccc1SCc1c(-c2ccccc2)nn(C)c1C.Cc1ccnn1C.Cc1nn(C)c(C)c1C.Cc1nn(C)c(C)c1C#N. The molecule has 0 fully saturated rings. The lowest BCUT2D eigenvalue weighted by Gasteiger charge is -2.26. The van der Waals surface area contributed by atoms with Crippen LogP contribution in [0.1, 0.15) is 138 Å². The fourth-order valence-corrected chi connectivity index (χ4v) is 13.5. The Kier molecular flexibility index (Phi) is 31.3. The molecule has 0 amide bonds. The Morgan fingerprint density at radius 3 is 1.32 bits per heavy atom. The lowest BCUT2D eigenvalue weighted by atomic mass is 9.87. The molecule has 1 atom stereocenters. The van der Waals surface area contributed by atoms with Crippen LogP contribution in [-0.4, -0.2) is 96.6 Å². The molecule has 19 nitrogen and oxygen atoms in total. The number of halogens is 1. The van der Waals surface area contributed by atoms with Crippen LogP contribution >= 0.6 is 11.8 Å². The summed E-state index contributed by atoms with van der Waals surface area (Å²) in [5.41, 5.74) is 27.7. The van der Waals surface area contributed by atoms with Crippen molar-refractivity contribution in [2.45, 2.75) is 167 Å². The van der Waals surface area contributed by atoms with E-state index >= 15 is 0 Å². The average molecular weight is 1570 g/mol. The molecule has 7 aromatic carbocycles. The van der Waals surface area contributed by atoms with Crippen molar-refractivity contribution < 1.29 is 14.2 Å². The Balaban J connectivity index is 0.000000168. The molecule has 0 saturated carbocycles. The molecule has 602 valence electrons. The number of fused-ring (bicyclic) bond motifs is 2. The Labute approximate surface area is 684 Å². The zero-order valence-electron chi connectivity index (χ0n) is 72.0. The normalized spacial score (nSPS) is 11.2. The van der Waals surface area contributed by atoms with Crippen molar-refractivity contribution in [3.05, 3.63) is 302 Å². The van der Waals surface area contributed by atoms with Gasteiger partial charge < -0.3 is 9.84 Å². The smallest absolute Gasteiger partial charge is 0.123 e. The lowest BCUT2D eigenvalue weighted by molar-refractivity contribution is 0.0445. The van der Waals surface area contributed by atoms with E-state index in [1.165, 1.54) is 73.0 Å². The van der Waals surface area contributed by atoms with Crippen molar-refractivity contribution in [2.75, 3.05) is 7.11 Å². The summed E-state index contributed by atoms with van der Waals surface area (Å²) in [5, 5.41) is 55.9. The molecule has 0 aliphatic rings. The maximum Gasteiger partial charge on any atom is 0.123 e. The predicted molar refractivity (Wildman–Crippen MR) is 468 cm³/mol. The highest BCUT2D eigenvalue weighted by molar-refractivity contribution is 7.98. The number of ether oxygens (including phenoxy) is 1. The number of thioether (sulfide) groups is 1. The van der Waals surface area contributed by atoms with E-state index in [1.807, 2.05) is 216 Å². The minimum atomic E-state index is -0.361. The topological polar surface area (TPSA) is 196 Å². The number of aryl methyl sites for hydroxylation is 13. The molecule has 8 heterocycles. The molecular formula is C94H116FN17O2S. The van der Waals surface area contributed by atoms with Crippen molar-refractivity contribution in [3.8, 4) is 40.0 Å². The number of rotatable bonds is 11. The van der Waals surface area contributed by atoms with Gasteiger partial charge in [-0.3, -0.25) is 28.1 Å². The third kappa shape index (κ3) is 23.6. The van der Waals surface area contributed by atoms with Crippen molar-refractivity contribution in [1.82, 2.24) is 78.2 Å². The van der Waals surface area contributed by atoms with Gasteiger partial charge >= 0.3 is 0 Å². The number of hydrogen-bond donors (Lipinski definition) is 1. The quantitative estimate of drug-likeness (QED) is 0.121. The second kappa shape index (κ2) is 40.4. The number of aliphatic hydroxyl groups is 1. The van der Waals surface area contributed by atoms with Gasteiger partial charge in [-0.25, -0.2) is 13.8 Å². The van der Waals surface area contributed by atoms with Gasteiger partial charge in [-0.1, -0.05) is 169 Å². The first kappa shape index (κ1) is 89.0. The number of aliphatic hydroxyl groups excluding tert-OH is 1. The van der Waals surface area contributed by atoms with E-state index in [0.29, 0.717) is 18.7 Å². The second-order valence-corrected chi connectivity index (χ2v) is 31.9. The fourth-order valence-electron chi connectivity index (χ4n) is 12.4. The highest BCUT2D eigenvalue weighted by Gasteiger charge is 2.24. The van der Waals surface area contributed by atoms with Crippen molar-refractivity contribution in [3.63, 3.8) is 0 Å². The van der Waals surface area contributed by atoms with E-state index in [2.05, 4.69) is 202 Å². The molecule has 1 unspecified atom stereocenters. The summed E-state index contributed by atoms with van der Waals surface area (Å²) < 4.78 is 33.2. The molecule has 0 aliphatic carbocycles. The molecule has 8 aromatic heterocycles. The number of hydrogen-bond acceptors (Lipinski definition) is 12. The zero-order chi connectivity index (χ0) is 84.2. The molecular weight excluding hydrogens is 1450 g/mol. The number of nitriles is 1. The van der Waals surface area contributed by atoms with E-state index < -0.39 is 0 Å². The first-order valence-electron chi connectivity index (χ1n) is 38.6. The molecule has 0 spiro atoms. The van der Waals surface area contributed by atoms with Crippen LogP contribution in [-0.2, 0) is 64.3 Å². The highest BCUT2D eigenvalue weighted by Crippen LogP contribution is 2.34. The minimum Gasteiger partial charge on any atom is -0.391 e. The average Bonchev–Trinajstić information content (AvgIpc) is 1.50. The van der Waals surface area contributed by atoms with Gasteiger partial charge in [-0.15, -0.1) is 11.8 Å². The predicted octanol–water partition coefficient (Wildman–Crippen LogP) is 20.5. The first-order chi connectivity index (χ1) is 54.5. The highest BCUT2D eigenvalue weighted by atomic mass is 32.2. The van der Waals surface area contributed by atoms with Crippen LogP contribution in [0.25, 0.3) is 55.7 Å². The standard InChI is InChI=1S/C19H20N2S.C18H20N2.C14H11FN2.C13H16N2O.C11H20N2O.C7H9N3.C7H12N2.C5H8N2/c1-14-9-7-8-12-18(14)22-13-17-15(2)21(3)20-19(17)16-10-5-4-6-11-16;1-13-16-7-5-6-8-17(16)19-20(13)15-11-9-14(10-12-15)18(2,3)4;1-10-13-4-2-3-5-14(13)16-17(10)12-8-6-11(15)7-9-12;1-10-12(9-16-3)13(14-15(10)2)11-7-5-4-6-8-11;1-8-6-9(2)13(12-8)7-10(14)11(3,4)5;1-5-7(4-8)6(2)10(3)9-5;1-5-6(2)8-9(4)7(5)3;1-5-3-4-6-7(5)2/h4-12H,13H2,1-3H3;5-12H,1-4H3;2-9H,1H3;4-8H,9H2,1-3H3;6,10,14H,7H2,1-5H3;1-3H3;1-4H3;3-4H,1-2H3. The van der Waals surface area contributed by atoms with Crippen LogP contribution in [0.15, 0.2) is 205 Å². The summed E-state index contributed by atoms with van der Waals surface area (Å²) in [6, 6.07) is 66.6. The third-order valence-corrected chi connectivity index (χ3v) is 21.7. The summed E-state index contributed by atoms with van der Waals surface area (Å²) in [7, 11) is 11.4. The van der Waals surface area contributed by atoms with Gasteiger partial charge in [0.1, 0.15) is 11.9 Å². The van der Waals surface area contributed by atoms with Gasteiger partial charge in [0.2, 0.25) is 0 Å². The molecule has 0 saturated heterocycles. The van der Waals surface area contributed by atoms with Gasteiger partial charge in [-0.05, 0) is 184 Å². The molecule has 0 aliphatic heterocycles. The Morgan fingerprint density at radius 2 is 0.939 bits per heavy atom. The largest absolute Gasteiger partial charge is 0.391 e. The second-order valence-electron chi connectivity index (χ2n) is 30.9. The van der Waals surface area contributed by atoms with Crippen molar-refractivity contribution in [2.24, 2.45) is 40.7 Å². The molecule has 21 heteroatoms. The minimum absolute atomic E-state index is 0.0910. The zero-order valence-corrected chi connectivity index (χ0v) is 72.8. The van der Waals surface area contributed by atoms with Crippen molar-refractivity contribution in [1.29, 1.82) is 5.26 Å². The van der Waals surface area contributed by atoms with Crippen LogP contribution in [0.3, 0.4) is 0 Å². The van der Waals surface area contributed by atoms with E-state index in [0.717, 1.165) is 95.9 Å². The van der Waals surface area contributed by atoms with Crippen LogP contribution in [0.5, 0.6) is 0 Å². The fraction of sp³-hybridized carbons (Fsp3) is 0.330. The molecule has 0 bridgehead atoms. The summed E-state index contributed by atoms with van der Waals surface area (Å²) in [6.07, 6.45) is 1.43. The summed E-state index contributed by atoms with van der Waals surface area (Å²) in [4.78, 5) is 1.34. The van der Waals surface area contributed by atoms with Crippen LogP contribution < -0.4 is 0 Å². The summed E-state index contributed by atoms with van der Waals surface area (Å²) >= 11 is 1.88. The van der Waals surface area contributed by atoms with Gasteiger partial charge in [0.15, 0.2) is 0 Å². The van der Waals surface area contributed by atoms with Gasteiger partial charge in [0.05, 0.1) is 81.4 Å². The Morgan fingerprint density at radius 1 is 0.478 bits per heavy atom. The van der Waals surface area contributed by atoms with E-state index in [-0.39, 0.29) is 22.8 Å². The Bertz CT molecular complexity index is 5610. The van der Waals surface area contributed by atoms with Crippen molar-refractivity contribution >= 4 is 33.6 Å². The lowest BCUT2D eigenvalue weighted by Crippen LogP contribution is -2.31. The van der Waals surface area contributed by atoms with Crippen LogP contribution in [0.4, 0.5) is 4.39 Å². The van der Waals surface area contributed by atoms with Crippen LogP contribution in [0, 0.1) is 113 Å². The number of benzene rings is 7. The summed E-state index contributed by atoms with van der Waals surface area (Å²) in [5.74, 6) is 0.706. The number of nitrogens with zero attached hydrogens (tertiary/aromatic N) is 17. The monoisotopic (exact) mass is 1570 g/mol. The maximum atomic E-state index is 12.9.